The van der Waals surface area contributed by atoms with Crippen molar-refractivity contribution in [3.63, 3.8) is 0 Å². The van der Waals surface area contributed by atoms with Gasteiger partial charge in [-0.25, -0.2) is 4.79 Å². The molecule has 1 heterocycles. The van der Waals surface area contributed by atoms with E-state index in [0.29, 0.717) is 18.6 Å². The molecule has 5 nitrogen and oxygen atoms in total. The zero-order valence-corrected chi connectivity index (χ0v) is 12.6. The molecule has 112 valence electrons. The lowest BCUT2D eigenvalue weighted by molar-refractivity contribution is -0.141. The van der Waals surface area contributed by atoms with Gasteiger partial charge in [-0.05, 0) is 24.3 Å². The third-order valence-electron chi connectivity index (χ3n) is 3.55. The Bertz CT molecular complexity index is 437. The molecular formula is C15H23NO4. The van der Waals surface area contributed by atoms with Crippen molar-refractivity contribution in [2.45, 2.75) is 53.0 Å². The Morgan fingerprint density at radius 3 is 2.60 bits per heavy atom. The standard InChI is InChI=1S/C15H23NO4/c1-5-15(3,4)9-10(2)12(17)8-13(18)16-11-6-7-20-14(11)19/h9,11H,5-8H2,1-4H3,(H,16,18)/b10-9+. The van der Waals surface area contributed by atoms with Crippen LogP contribution in [0.25, 0.3) is 0 Å². The third kappa shape index (κ3) is 4.79. The smallest absolute Gasteiger partial charge is 0.328 e. The van der Waals surface area contributed by atoms with Gasteiger partial charge in [0.2, 0.25) is 5.91 Å². The van der Waals surface area contributed by atoms with E-state index in [0.717, 1.165) is 6.42 Å². The molecule has 0 aromatic rings. The first-order valence-corrected chi connectivity index (χ1v) is 6.94. The lowest BCUT2D eigenvalue weighted by Gasteiger charge is -2.18. The Balaban J connectivity index is 2.53. The zero-order valence-electron chi connectivity index (χ0n) is 12.6. The van der Waals surface area contributed by atoms with Gasteiger partial charge in [-0.1, -0.05) is 26.8 Å². The van der Waals surface area contributed by atoms with E-state index in [1.54, 1.807) is 6.92 Å². The van der Waals surface area contributed by atoms with Crippen LogP contribution < -0.4 is 5.32 Å². The summed E-state index contributed by atoms with van der Waals surface area (Å²) >= 11 is 0. The maximum atomic E-state index is 12.0. The van der Waals surface area contributed by atoms with Gasteiger partial charge >= 0.3 is 5.97 Å². The molecule has 1 aliphatic heterocycles. The number of Topliss-reactive ketones (excluding diaryl/α,β-unsaturated/α-hetero) is 1. The van der Waals surface area contributed by atoms with Gasteiger partial charge in [-0.3, -0.25) is 9.59 Å². The number of hydrogen-bond donors (Lipinski definition) is 1. The van der Waals surface area contributed by atoms with E-state index < -0.39 is 17.9 Å². The Hall–Kier alpha value is -1.65. The Kier molecular flexibility index (Phi) is 5.48. The maximum absolute atomic E-state index is 12.0. The van der Waals surface area contributed by atoms with E-state index in [1.165, 1.54) is 0 Å². The van der Waals surface area contributed by atoms with E-state index >= 15 is 0 Å². The van der Waals surface area contributed by atoms with Crippen LogP contribution in [-0.2, 0) is 19.1 Å². The summed E-state index contributed by atoms with van der Waals surface area (Å²) in [4.78, 5) is 34.9. The largest absolute Gasteiger partial charge is 0.464 e. The molecular weight excluding hydrogens is 258 g/mol. The first kappa shape index (κ1) is 16.4. The highest BCUT2D eigenvalue weighted by atomic mass is 16.5. The highest BCUT2D eigenvalue weighted by molar-refractivity contribution is 6.07. The number of esters is 1. The predicted molar refractivity (Wildman–Crippen MR) is 75.0 cm³/mol. The van der Waals surface area contributed by atoms with Gasteiger partial charge < -0.3 is 10.1 Å². The van der Waals surface area contributed by atoms with Gasteiger partial charge in [-0.15, -0.1) is 0 Å². The van der Waals surface area contributed by atoms with Crippen molar-refractivity contribution in [1.29, 1.82) is 0 Å². The second kappa shape index (κ2) is 6.68. The fourth-order valence-corrected chi connectivity index (χ4v) is 1.93. The SMILES string of the molecule is CCC(C)(C)/C=C(\C)C(=O)CC(=O)NC1CCOC1=O. The molecule has 0 radical (unpaired) electrons. The summed E-state index contributed by atoms with van der Waals surface area (Å²) < 4.78 is 4.75. The van der Waals surface area contributed by atoms with Crippen LogP contribution in [0.15, 0.2) is 11.6 Å². The fraction of sp³-hybridized carbons (Fsp3) is 0.667. The monoisotopic (exact) mass is 281 g/mol. The summed E-state index contributed by atoms with van der Waals surface area (Å²) in [5, 5.41) is 2.53. The van der Waals surface area contributed by atoms with Crippen molar-refractivity contribution in [1.82, 2.24) is 5.32 Å². The van der Waals surface area contributed by atoms with Crippen molar-refractivity contribution >= 4 is 17.7 Å². The lowest BCUT2D eigenvalue weighted by atomic mass is 9.87. The number of rotatable bonds is 6. The summed E-state index contributed by atoms with van der Waals surface area (Å²) in [5.74, 6) is -1.07. The van der Waals surface area contributed by atoms with Crippen molar-refractivity contribution in [3.8, 4) is 0 Å². The number of ketones is 1. The van der Waals surface area contributed by atoms with Gasteiger partial charge in [0.1, 0.15) is 6.04 Å². The molecule has 1 fully saturated rings. The van der Waals surface area contributed by atoms with Crippen LogP contribution in [0.5, 0.6) is 0 Å². The number of hydrogen-bond acceptors (Lipinski definition) is 4. The van der Waals surface area contributed by atoms with Crippen LogP contribution in [0.4, 0.5) is 0 Å². The molecule has 0 saturated carbocycles. The van der Waals surface area contributed by atoms with E-state index in [4.69, 9.17) is 4.74 Å². The molecule has 1 saturated heterocycles. The summed E-state index contributed by atoms with van der Waals surface area (Å²) in [5.41, 5.74) is 0.520. The zero-order chi connectivity index (χ0) is 15.3. The topological polar surface area (TPSA) is 72.5 Å². The minimum atomic E-state index is -0.605. The van der Waals surface area contributed by atoms with Crippen molar-refractivity contribution in [3.05, 3.63) is 11.6 Å². The molecule has 20 heavy (non-hydrogen) atoms. The Morgan fingerprint density at radius 2 is 2.10 bits per heavy atom. The van der Waals surface area contributed by atoms with Crippen LogP contribution in [-0.4, -0.2) is 30.3 Å². The summed E-state index contributed by atoms with van der Waals surface area (Å²) in [7, 11) is 0. The highest BCUT2D eigenvalue weighted by Gasteiger charge is 2.28. The average Bonchev–Trinajstić information content (AvgIpc) is 2.74. The molecule has 1 N–H and O–H groups in total. The number of nitrogens with one attached hydrogen (secondary N) is 1. The molecule has 0 bridgehead atoms. The molecule has 1 aliphatic rings. The van der Waals surface area contributed by atoms with E-state index in [-0.39, 0.29) is 17.6 Å². The second-order valence-corrected chi connectivity index (χ2v) is 5.85. The van der Waals surface area contributed by atoms with Crippen LogP contribution >= 0.6 is 0 Å². The molecule has 1 rings (SSSR count). The first-order valence-electron chi connectivity index (χ1n) is 6.94. The Morgan fingerprint density at radius 1 is 1.45 bits per heavy atom. The normalized spacial score (nSPS) is 19.7. The quantitative estimate of drug-likeness (QED) is 0.457. The Labute approximate surface area is 119 Å². The summed E-state index contributed by atoms with van der Waals surface area (Å²) in [6, 6.07) is -0.605. The van der Waals surface area contributed by atoms with Crippen LogP contribution in [0.2, 0.25) is 0 Å². The van der Waals surface area contributed by atoms with E-state index in [2.05, 4.69) is 5.32 Å². The average molecular weight is 281 g/mol. The van der Waals surface area contributed by atoms with Crippen molar-refractivity contribution < 1.29 is 19.1 Å². The molecule has 0 aliphatic carbocycles. The van der Waals surface area contributed by atoms with Crippen molar-refractivity contribution in [2.75, 3.05) is 6.61 Å². The number of allylic oxidation sites excluding steroid dienone is 2. The van der Waals surface area contributed by atoms with Crippen LogP contribution in [0.3, 0.4) is 0 Å². The first-order chi connectivity index (χ1) is 9.25. The molecule has 1 unspecified atom stereocenters. The molecule has 5 heteroatoms. The summed E-state index contributed by atoms with van der Waals surface area (Å²) in [6.07, 6.45) is 3.05. The van der Waals surface area contributed by atoms with Crippen LogP contribution in [0.1, 0.15) is 47.0 Å². The predicted octanol–water partition coefficient (Wildman–Crippen LogP) is 1.76. The molecule has 0 aromatic carbocycles. The number of amides is 1. The number of carbonyl (C=O) groups is 3. The highest BCUT2D eigenvalue weighted by Crippen LogP contribution is 2.23. The lowest BCUT2D eigenvalue weighted by Crippen LogP contribution is -2.38. The van der Waals surface area contributed by atoms with Gasteiger partial charge in [0.05, 0.1) is 13.0 Å². The third-order valence-corrected chi connectivity index (χ3v) is 3.55. The number of carbonyl (C=O) groups excluding carboxylic acids is 3. The molecule has 1 atom stereocenters. The van der Waals surface area contributed by atoms with E-state index in [1.807, 2.05) is 26.8 Å². The fourth-order valence-electron chi connectivity index (χ4n) is 1.93. The molecule has 0 spiro atoms. The van der Waals surface area contributed by atoms with E-state index in [9.17, 15) is 14.4 Å². The second-order valence-electron chi connectivity index (χ2n) is 5.85. The maximum Gasteiger partial charge on any atom is 0.328 e. The van der Waals surface area contributed by atoms with Gasteiger partial charge in [-0.2, -0.15) is 0 Å². The van der Waals surface area contributed by atoms with Gasteiger partial charge in [0, 0.05) is 6.42 Å². The summed E-state index contributed by atoms with van der Waals surface area (Å²) in [6.45, 7) is 8.17. The minimum absolute atomic E-state index is 0.0640. The van der Waals surface area contributed by atoms with Crippen LogP contribution in [0, 0.1) is 5.41 Å². The van der Waals surface area contributed by atoms with Gasteiger partial charge in [0.15, 0.2) is 5.78 Å². The molecule has 0 aromatic heterocycles. The number of cyclic esters (lactones) is 1. The molecule has 1 amide bonds. The van der Waals surface area contributed by atoms with Crippen molar-refractivity contribution in [2.24, 2.45) is 5.41 Å². The minimum Gasteiger partial charge on any atom is -0.464 e. The van der Waals surface area contributed by atoms with Gasteiger partial charge in [0.25, 0.3) is 0 Å². The number of ether oxygens (including phenoxy) is 1.